The van der Waals surface area contributed by atoms with Crippen molar-refractivity contribution in [1.29, 1.82) is 0 Å². The molecule has 0 spiro atoms. The van der Waals surface area contributed by atoms with Gasteiger partial charge in [0, 0.05) is 25.6 Å². The minimum atomic E-state index is -5.08. The number of alkyl halides is 6. The highest BCUT2D eigenvalue weighted by Gasteiger charge is 2.38. The lowest BCUT2D eigenvalue weighted by molar-refractivity contribution is -0.193. The first-order chi connectivity index (χ1) is 19.1. The molecule has 1 aromatic carbocycles. The zero-order chi connectivity index (χ0) is 31.6. The number of fused-ring (bicyclic) bond motifs is 1. The molecule has 0 radical (unpaired) electrons. The Bertz CT molecular complexity index is 1110. The van der Waals surface area contributed by atoms with Crippen LogP contribution in [-0.2, 0) is 27.3 Å². The lowest BCUT2D eigenvalue weighted by Crippen LogP contribution is -2.21. The SMILES string of the molecule is CCCCCCCCc1nc2cc(/C=C/C(=O)NO)ccc2n1CCNC.O=C(O)C(F)(F)F.O=C(O)C(F)(F)F. The molecule has 0 fully saturated rings. The monoisotopic (exact) mass is 600 g/mol. The number of nitrogens with zero attached hydrogens (tertiary/aromatic N) is 2. The van der Waals surface area contributed by atoms with Crippen LogP contribution in [0, 0.1) is 0 Å². The standard InChI is InChI=1S/C21H32N4O2.2C2HF3O2/c1-3-4-5-6-7-8-9-20-23-18-16-17(11-13-21(26)24-27)10-12-19(18)25(20)15-14-22-2;2*3-2(4,5)1(6)7/h10-13,16,22,27H,3-9,14-15H2,1-2H3,(H,24,26);2*(H,6,7)/b13-11+;;. The second-order valence-corrected chi connectivity index (χ2v) is 8.46. The zero-order valence-corrected chi connectivity index (χ0v) is 22.5. The molecule has 2 rings (SSSR count). The van der Waals surface area contributed by atoms with Gasteiger partial charge in [-0.25, -0.2) is 20.1 Å². The quantitative estimate of drug-likeness (QED) is 0.0755. The predicted molar refractivity (Wildman–Crippen MR) is 137 cm³/mol. The molecule has 2 aromatic rings. The Morgan fingerprint density at radius 3 is 1.98 bits per heavy atom. The van der Waals surface area contributed by atoms with Gasteiger partial charge in [-0.15, -0.1) is 0 Å². The average molecular weight is 601 g/mol. The second-order valence-electron chi connectivity index (χ2n) is 8.46. The first-order valence-electron chi connectivity index (χ1n) is 12.4. The molecule has 16 heteroatoms. The van der Waals surface area contributed by atoms with Crippen molar-refractivity contribution in [1.82, 2.24) is 20.3 Å². The number of aromatic nitrogens is 2. The predicted octanol–water partition coefficient (Wildman–Crippen LogP) is 4.94. The van der Waals surface area contributed by atoms with Crippen molar-refractivity contribution in [2.75, 3.05) is 13.6 Å². The van der Waals surface area contributed by atoms with Gasteiger partial charge in [-0.05, 0) is 37.2 Å². The van der Waals surface area contributed by atoms with Gasteiger partial charge in [0.05, 0.1) is 11.0 Å². The molecule has 0 bridgehead atoms. The summed E-state index contributed by atoms with van der Waals surface area (Å²) in [5.41, 5.74) is 4.55. The van der Waals surface area contributed by atoms with E-state index in [4.69, 9.17) is 30.0 Å². The molecule has 232 valence electrons. The number of nitrogens with one attached hydrogen (secondary N) is 2. The van der Waals surface area contributed by atoms with Crippen molar-refractivity contribution < 1.29 is 56.1 Å². The Hall–Kier alpha value is -3.66. The summed E-state index contributed by atoms with van der Waals surface area (Å²) in [6.45, 7) is 4.03. The molecule has 0 saturated heterocycles. The van der Waals surface area contributed by atoms with Crippen LogP contribution in [0.1, 0.15) is 56.8 Å². The van der Waals surface area contributed by atoms with Crippen LogP contribution in [0.5, 0.6) is 0 Å². The maximum atomic E-state index is 11.2. The van der Waals surface area contributed by atoms with Gasteiger partial charge in [0.1, 0.15) is 5.82 Å². The van der Waals surface area contributed by atoms with Gasteiger partial charge >= 0.3 is 24.3 Å². The van der Waals surface area contributed by atoms with Crippen LogP contribution in [-0.4, -0.2) is 68.8 Å². The van der Waals surface area contributed by atoms with Crippen LogP contribution in [0.2, 0.25) is 0 Å². The number of amides is 1. The number of halogens is 6. The third-order valence-electron chi connectivity index (χ3n) is 5.21. The number of carbonyl (C=O) groups is 3. The first-order valence-corrected chi connectivity index (χ1v) is 12.4. The number of hydrogen-bond donors (Lipinski definition) is 5. The van der Waals surface area contributed by atoms with Crippen LogP contribution in [0.3, 0.4) is 0 Å². The molecule has 1 amide bonds. The normalized spacial score (nSPS) is 11.4. The van der Waals surface area contributed by atoms with E-state index in [0.29, 0.717) is 0 Å². The van der Waals surface area contributed by atoms with Crippen LogP contribution in [0.4, 0.5) is 26.3 Å². The number of carbonyl (C=O) groups excluding carboxylic acids is 1. The summed E-state index contributed by atoms with van der Waals surface area (Å²) >= 11 is 0. The van der Waals surface area contributed by atoms with Crippen LogP contribution in [0.25, 0.3) is 17.1 Å². The molecule has 0 aliphatic heterocycles. The third-order valence-corrected chi connectivity index (χ3v) is 5.21. The Labute approximate surface area is 232 Å². The number of carboxylic acids is 2. The van der Waals surface area contributed by atoms with E-state index < -0.39 is 30.2 Å². The number of aryl methyl sites for hydroxylation is 1. The molecule has 1 heterocycles. The second kappa shape index (κ2) is 18.6. The fourth-order valence-electron chi connectivity index (χ4n) is 3.24. The molecule has 0 aliphatic carbocycles. The number of likely N-dealkylation sites (N-methyl/N-ethyl adjacent to an activating group) is 1. The maximum absolute atomic E-state index is 11.2. The zero-order valence-electron chi connectivity index (χ0n) is 22.5. The summed E-state index contributed by atoms with van der Waals surface area (Å²) in [4.78, 5) is 33.8. The molecule has 1 aromatic heterocycles. The van der Waals surface area contributed by atoms with Crippen molar-refractivity contribution in [2.45, 2.75) is 70.8 Å². The lowest BCUT2D eigenvalue weighted by Gasteiger charge is -2.09. The number of carboxylic acid groups (broad SMARTS) is 2. The van der Waals surface area contributed by atoms with Crippen LogP contribution < -0.4 is 10.8 Å². The van der Waals surface area contributed by atoms with Gasteiger partial charge in [0.15, 0.2) is 0 Å². The van der Waals surface area contributed by atoms with E-state index >= 15 is 0 Å². The van der Waals surface area contributed by atoms with E-state index in [1.165, 1.54) is 38.2 Å². The highest BCUT2D eigenvalue weighted by molar-refractivity contribution is 5.91. The van der Waals surface area contributed by atoms with Gasteiger partial charge < -0.3 is 20.1 Å². The fraction of sp³-hybridized carbons (Fsp3) is 0.520. The lowest BCUT2D eigenvalue weighted by atomic mass is 10.1. The summed E-state index contributed by atoms with van der Waals surface area (Å²) in [5.74, 6) is -4.93. The van der Waals surface area contributed by atoms with Crippen molar-refractivity contribution in [3.8, 4) is 0 Å². The summed E-state index contributed by atoms with van der Waals surface area (Å²) < 4.78 is 65.8. The Morgan fingerprint density at radius 1 is 0.951 bits per heavy atom. The molecule has 0 saturated carbocycles. The molecule has 0 unspecified atom stereocenters. The van der Waals surface area contributed by atoms with Crippen LogP contribution >= 0.6 is 0 Å². The Kier molecular flexibility index (Phi) is 17.0. The number of unbranched alkanes of at least 4 members (excludes halogenated alkanes) is 5. The highest BCUT2D eigenvalue weighted by Crippen LogP contribution is 2.21. The molecule has 5 N–H and O–H groups in total. The summed E-state index contributed by atoms with van der Waals surface area (Å²) in [6, 6.07) is 6.01. The summed E-state index contributed by atoms with van der Waals surface area (Å²) in [6.07, 6.45) is 1.43. The van der Waals surface area contributed by atoms with E-state index in [1.807, 2.05) is 19.2 Å². The molecule has 41 heavy (non-hydrogen) atoms. The molecule has 10 nitrogen and oxygen atoms in total. The minimum Gasteiger partial charge on any atom is -0.475 e. The van der Waals surface area contributed by atoms with Crippen LogP contribution in [0.15, 0.2) is 24.3 Å². The number of imidazole rings is 1. The number of hydroxylamine groups is 1. The average Bonchev–Trinajstić information content (AvgIpc) is 3.23. The molecular formula is C25H34F6N4O6. The van der Waals surface area contributed by atoms with Crippen molar-refractivity contribution in [2.24, 2.45) is 0 Å². The minimum absolute atomic E-state index is 0.543. The highest BCUT2D eigenvalue weighted by atomic mass is 19.4. The van der Waals surface area contributed by atoms with Gasteiger partial charge in [0.2, 0.25) is 0 Å². The van der Waals surface area contributed by atoms with E-state index in [1.54, 1.807) is 11.6 Å². The Balaban J connectivity index is 0.000000941. The largest absolute Gasteiger partial charge is 0.490 e. The fourth-order valence-corrected chi connectivity index (χ4v) is 3.24. The number of rotatable bonds is 12. The number of benzene rings is 1. The smallest absolute Gasteiger partial charge is 0.475 e. The molecular weight excluding hydrogens is 566 g/mol. The van der Waals surface area contributed by atoms with Gasteiger partial charge in [0.25, 0.3) is 5.91 Å². The third kappa shape index (κ3) is 15.6. The van der Waals surface area contributed by atoms with Crippen molar-refractivity contribution in [3.05, 3.63) is 35.7 Å². The van der Waals surface area contributed by atoms with Gasteiger partial charge in [-0.3, -0.25) is 10.0 Å². The van der Waals surface area contributed by atoms with E-state index in [-0.39, 0.29) is 0 Å². The van der Waals surface area contributed by atoms with Gasteiger partial charge in [-0.2, -0.15) is 26.3 Å². The number of hydrogen-bond acceptors (Lipinski definition) is 6. The Morgan fingerprint density at radius 2 is 1.49 bits per heavy atom. The van der Waals surface area contributed by atoms with Gasteiger partial charge in [-0.1, -0.05) is 45.1 Å². The molecule has 0 atom stereocenters. The van der Waals surface area contributed by atoms with Crippen molar-refractivity contribution >= 4 is 35.0 Å². The molecule has 0 aliphatic rings. The van der Waals surface area contributed by atoms with E-state index in [9.17, 15) is 31.1 Å². The summed E-state index contributed by atoms with van der Waals surface area (Å²) in [5, 5.41) is 26.0. The van der Waals surface area contributed by atoms with E-state index in [2.05, 4.69) is 22.9 Å². The van der Waals surface area contributed by atoms with Crippen molar-refractivity contribution in [3.63, 3.8) is 0 Å². The van der Waals surface area contributed by atoms with E-state index in [0.717, 1.165) is 48.4 Å². The summed E-state index contributed by atoms with van der Waals surface area (Å²) in [7, 11) is 1.96. The maximum Gasteiger partial charge on any atom is 0.490 e. The first kappa shape index (κ1) is 37.3. The topological polar surface area (TPSA) is 154 Å². The number of aliphatic carboxylic acids is 2.